The molecule has 0 heterocycles. The molecule has 0 saturated carbocycles. The van der Waals surface area contributed by atoms with Crippen molar-refractivity contribution in [3.63, 3.8) is 0 Å². The van der Waals surface area contributed by atoms with Crippen LogP contribution in [0, 0.1) is 17.5 Å². The molecule has 2 aromatic carbocycles. The summed E-state index contributed by atoms with van der Waals surface area (Å²) >= 11 is 0. The lowest BCUT2D eigenvalue weighted by atomic mass is 9.78. The summed E-state index contributed by atoms with van der Waals surface area (Å²) in [6.07, 6.45) is 0. The fraction of sp³-hybridized carbons (Fsp3) is 0.0769. The first-order valence-corrected chi connectivity index (χ1v) is 5.63. The molecule has 0 bridgehead atoms. The van der Waals surface area contributed by atoms with Crippen LogP contribution in [-0.2, 0) is 0 Å². The summed E-state index contributed by atoms with van der Waals surface area (Å²) in [5, 5.41) is 17.7. The van der Waals surface area contributed by atoms with Crippen LogP contribution in [0.4, 0.5) is 13.2 Å². The van der Waals surface area contributed by atoms with Crippen molar-refractivity contribution in [2.45, 2.75) is 0 Å². The van der Waals surface area contributed by atoms with Crippen molar-refractivity contribution in [2.24, 2.45) is 0 Å². The van der Waals surface area contributed by atoms with Gasteiger partial charge in [0.15, 0.2) is 11.6 Å². The van der Waals surface area contributed by atoms with Gasteiger partial charge in [-0.1, -0.05) is 12.1 Å². The van der Waals surface area contributed by atoms with Gasteiger partial charge >= 0.3 is 7.12 Å². The van der Waals surface area contributed by atoms with Gasteiger partial charge in [0, 0.05) is 5.46 Å². The van der Waals surface area contributed by atoms with Crippen LogP contribution in [0.2, 0.25) is 0 Å². The Bertz CT molecular complexity index is 630. The highest BCUT2D eigenvalue weighted by Gasteiger charge is 2.25. The molecule has 0 atom stereocenters. The van der Waals surface area contributed by atoms with Gasteiger partial charge in [0.25, 0.3) is 0 Å². The highest BCUT2D eigenvalue weighted by atomic mass is 19.2. The van der Waals surface area contributed by atoms with Crippen molar-refractivity contribution < 1.29 is 28.0 Å². The van der Waals surface area contributed by atoms with Crippen molar-refractivity contribution in [3.05, 3.63) is 47.8 Å². The zero-order valence-corrected chi connectivity index (χ0v) is 10.4. The monoisotopic (exact) mass is 282 g/mol. The lowest BCUT2D eigenvalue weighted by molar-refractivity contribution is 0.415. The molecule has 0 amide bonds. The molecule has 0 unspecified atom stereocenters. The van der Waals surface area contributed by atoms with E-state index in [9.17, 15) is 13.2 Å². The molecule has 0 aromatic heterocycles. The van der Waals surface area contributed by atoms with E-state index in [4.69, 9.17) is 14.8 Å². The van der Waals surface area contributed by atoms with Crippen LogP contribution < -0.4 is 10.2 Å². The second kappa shape index (κ2) is 5.56. The van der Waals surface area contributed by atoms with E-state index in [1.54, 1.807) is 0 Å². The molecule has 104 valence electrons. The molecule has 0 aliphatic carbocycles. The molecule has 2 N–H and O–H groups in total. The summed E-state index contributed by atoms with van der Waals surface area (Å²) in [5.74, 6) is -3.57. The SMILES string of the molecule is COc1ccc(-c2c(F)cc(B(O)O)c(F)c2F)cc1. The van der Waals surface area contributed by atoms with Crippen molar-refractivity contribution in [1.82, 2.24) is 0 Å². The highest BCUT2D eigenvalue weighted by molar-refractivity contribution is 6.58. The van der Waals surface area contributed by atoms with Crippen molar-refractivity contribution in [3.8, 4) is 16.9 Å². The van der Waals surface area contributed by atoms with Crippen molar-refractivity contribution in [2.75, 3.05) is 7.11 Å². The van der Waals surface area contributed by atoms with Crippen LogP contribution in [0.25, 0.3) is 11.1 Å². The Morgan fingerprint density at radius 1 is 1.00 bits per heavy atom. The van der Waals surface area contributed by atoms with E-state index in [0.717, 1.165) is 0 Å². The third kappa shape index (κ3) is 2.50. The first-order valence-electron chi connectivity index (χ1n) is 5.63. The highest BCUT2D eigenvalue weighted by Crippen LogP contribution is 2.28. The molecule has 0 spiro atoms. The lowest BCUT2D eigenvalue weighted by Crippen LogP contribution is -2.34. The van der Waals surface area contributed by atoms with Gasteiger partial charge in [-0.05, 0) is 23.8 Å². The van der Waals surface area contributed by atoms with E-state index in [2.05, 4.69) is 0 Å². The predicted octanol–water partition coefficient (Wildman–Crippen LogP) is 1.46. The van der Waals surface area contributed by atoms with Crippen LogP contribution in [-0.4, -0.2) is 24.3 Å². The fourth-order valence-electron chi connectivity index (χ4n) is 1.82. The fourth-order valence-corrected chi connectivity index (χ4v) is 1.82. The number of benzene rings is 2. The number of methoxy groups -OCH3 is 1. The summed E-state index contributed by atoms with van der Waals surface area (Å²) in [5.41, 5.74) is -1.31. The summed E-state index contributed by atoms with van der Waals surface area (Å²) in [4.78, 5) is 0. The van der Waals surface area contributed by atoms with E-state index in [1.165, 1.54) is 31.4 Å². The topological polar surface area (TPSA) is 49.7 Å². The number of halogens is 3. The number of hydrogen-bond acceptors (Lipinski definition) is 3. The van der Waals surface area contributed by atoms with Crippen molar-refractivity contribution >= 4 is 12.6 Å². The molecule has 7 heteroatoms. The zero-order valence-electron chi connectivity index (χ0n) is 10.4. The van der Waals surface area contributed by atoms with Gasteiger partial charge in [-0.25, -0.2) is 13.2 Å². The molecule has 0 aliphatic rings. The maximum Gasteiger partial charge on any atom is 0.491 e. The summed E-state index contributed by atoms with van der Waals surface area (Å²) < 4.78 is 46.3. The Morgan fingerprint density at radius 2 is 1.60 bits per heavy atom. The van der Waals surface area contributed by atoms with Gasteiger partial charge in [-0.3, -0.25) is 0 Å². The van der Waals surface area contributed by atoms with Gasteiger partial charge in [-0.15, -0.1) is 0 Å². The number of rotatable bonds is 3. The van der Waals surface area contributed by atoms with Gasteiger partial charge in [-0.2, -0.15) is 0 Å². The Labute approximate surface area is 113 Å². The second-order valence-corrected chi connectivity index (χ2v) is 4.05. The van der Waals surface area contributed by atoms with Crippen LogP contribution in [0.15, 0.2) is 30.3 Å². The first-order chi connectivity index (χ1) is 9.45. The largest absolute Gasteiger partial charge is 0.497 e. The average Bonchev–Trinajstić information content (AvgIpc) is 2.43. The Balaban J connectivity index is 2.59. The molecule has 2 rings (SSSR count). The minimum absolute atomic E-state index is 0.110. The molecule has 2 aromatic rings. The molecule has 0 fully saturated rings. The van der Waals surface area contributed by atoms with Gasteiger partial charge < -0.3 is 14.8 Å². The van der Waals surface area contributed by atoms with Crippen molar-refractivity contribution in [1.29, 1.82) is 0 Å². The molecular weight excluding hydrogens is 272 g/mol. The predicted molar refractivity (Wildman–Crippen MR) is 68.1 cm³/mol. The van der Waals surface area contributed by atoms with E-state index >= 15 is 0 Å². The summed E-state index contributed by atoms with van der Waals surface area (Å²) in [6, 6.07) is 6.24. The third-order valence-electron chi connectivity index (χ3n) is 2.84. The Hall–Kier alpha value is -1.99. The molecule has 0 saturated heterocycles. The van der Waals surface area contributed by atoms with Gasteiger partial charge in [0.1, 0.15) is 11.6 Å². The lowest BCUT2D eigenvalue weighted by Gasteiger charge is -2.10. The molecule has 0 aliphatic heterocycles. The maximum atomic E-state index is 13.9. The smallest absolute Gasteiger partial charge is 0.491 e. The molecule has 3 nitrogen and oxygen atoms in total. The zero-order chi connectivity index (χ0) is 14.9. The molecule has 20 heavy (non-hydrogen) atoms. The Kier molecular flexibility index (Phi) is 4.01. The summed E-state index contributed by atoms with van der Waals surface area (Å²) in [6.45, 7) is 0. The van der Waals surface area contributed by atoms with E-state index in [-0.39, 0.29) is 5.56 Å². The van der Waals surface area contributed by atoms with Crippen LogP contribution >= 0.6 is 0 Å². The Morgan fingerprint density at radius 3 is 2.10 bits per heavy atom. The maximum absolute atomic E-state index is 13.9. The molecule has 0 radical (unpaired) electrons. The van der Waals surface area contributed by atoms with E-state index < -0.39 is 35.6 Å². The quantitative estimate of drug-likeness (QED) is 0.662. The summed E-state index contributed by atoms with van der Waals surface area (Å²) in [7, 11) is -0.850. The minimum atomic E-state index is -2.29. The first kappa shape index (κ1) is 14.4. The van der Waals surface area contributed by atoms with Crippen LogP contribution in [0.5, 0.6) is 5.75 Å². The van der Waals surface area contributed by atoms with E-state index in [1.807, 2.05) is 0 Å². The standard InChI is InChI=1S/C13H10BF3O3/c1-20-8-4-2-7(3-5-8)11-10(15)6-9(14(18)19)12(16)13(11)17/h2-6,18-19H,1H3. The minimum Gasteiger partial charge on any atom is -0.497 e. The van der Waals surface area contributed by atoms with Gasteiger partial charge in [0.05, 0.1) is 12.7 Å². The van der Waals surface area contributed by atoms with E-state index in [0.29, 0.717) is 11.8 Å². The third-order valence-corrected chi connectivity index (χ3v) is 2.84. The number of hydrogen-bond donors (Lipinski definition) is 2. The van der Waals surface area contributed by atoms with Gasteiger partial charge in [0.2, 0.25) is 0 Å². The number of ether oxygens (including phenoxy) is 1. The van der Waals surface area contributed by atoms with Crippen LogP contribution in [0.1, 0.15) is 0 Å². The normalized spacial score (nSPS) is 10.5. The second-order valence-electron chi connectivity index (χ2n) is 4.05. The molecular formula is C13H10BF3O3. The average molecular weight is 282 g/mol. The van der Waals surface area contributed by atoms with Crippen LogP contribution in [0.3, 0.4) is 0 Å².